The van der Waals surface area contributed by atoms with Crippen LogP contribution in [0.4, 0.5) is 4.39 Å². The van der Waals surface area contributed by atoms with Crippen molar-refractivity contribution in [2.75, 3.05) is 6.61 Å². The summed E-state index contributed by atoms with van der Waals surface area (Å²) in [4.78, 5) is 10.4. The SMILES string of the molecule is CCc1cc(OCC(=O)O)nn1-c1ccc(F)cc1. The minimum absolute atomic E-state index is 0.239. The molecule has 0 saturated heterocycles. The Labute approximate surface area is 109 Å². The van der Waals surface area contributed by atoms with E-state index in [4.69, 9.17) is 9.84 Å². The lowest BCUT2D eigenvalue weighted by Crippen LogP contribution is -2.10. The van der Waals surface area contributed by atoms with Gasteiger partial charge in [-0.15, -0.1) is 5.10 Å². The van der Waals surface area contributed by atoms with Crippen LogP contribution in [0.25, 0.3) is 5.69 Å². The average Bonchev–Trinajstić information content (AvgIpc) is 2.80. The van der Waals surface area contributed by atoms with Gasteiger partial charge in [-0.1, -0.05) is 6.92 Å². The molecule has 1 heterocycles. The van der Waals surface area contributed by atoms with Gasteiger partial charge >= 0.3 is 5.97 Å². The van der Waals surface area contributed by atoms with E-state index in [1.807, 2.05) is 6.92 Å². The van der Waals surface area contributed by atoms with E-state index in [1.54, 1.807) is 22.9 Å². The standard InChI is InChI=1S/C13H13FN2O3/c1-2-10-7-12(19-8-13(17)18)15-16(10)11-5-3-9(14)4-6-11/h3-7H,2,8H2,1H3,(H,17,18). The van der Waals surface area contributed by atoms with Crippen LogP contribution < -0.4 is 4.74 Å². The number of aromatic nitrogens is 2. The summed E-state index contributed by atoms with van der Waals surface area (Å²) < 4.78 is 19.5. The summed E-state index contributed by atoms with van der Waals surface area (Å²) in [6, 6.07) is 7.56. The summed E-state index contributed by atoms with van der Waals surface area (Å²) in [5.74, 6) is -1.14. The third-order valence-corrected chi connectivity index (χ3v) is 2.54. The molecule has 1 aromatic heterocycles. The molecule has 0 saturated carbocycles. The fourth-order valence-corrected chi connectivity index (χ4v) is 1.66. The molecule has 0 bridgehead atoms. The van der Waals surface area contributed by atoms with Crippen LogP contribution in [0.15, 0.2) is 30.3 Å². The fraction of sp³-hybridized carbons (Fsp3) is 0.231. The van der Waals surface area contributed by atoms with Crippen molar-refractivity contribution in [2.45, 2.75) is 13.3 Å². The van der Waals surface area contributed by atoms with Gasteiger partial charge in [-0.05, 0) is 30.7 Å². The zero-order valence-electron chi connectivity index (χ0n) is 10.3. The van der Waals surface area contributed by atoms with Crippen molar-refractivity contribution in [3.8, 4) is 11.6 Å². The second-order valence-corrected chi connectivity index (χ2v) is 3.90. The monoisotopic (exact) mass is 264 g/mol. The second kappa shape index (κ2) is 5.51. The molecule has 2 rings (SSSR count). The predicted octanol–water partition coefficient (Wildman–Crippen LogP) is 2.04. The first-order valence-corrected chi connectivity index (χ1v) is 5.79. The van der Waals surface area contributed by atoms with Crippen LogP contribution >= 0.6 is 0 Å². The van der Waals surface area contributed by atoms with E-state index in [1.165, 1.54) is 12.1 Å². The quantitative estimate of drug-likeness (QED) is 0.897. The van der Waals surface area contributed by atoms with E-state index in [9.17, 15) is 9.18 Å². The Bertz CT molecular complexity index is 578. The summed E-state index contributed by atoms with van der Waals surface area (Å²) in [5, 5.41) is 12.7. The van der Waals surface area contributed by atoms with Gasteiger partial charge in [0.1, 0.15) is 5.82 Å². The third-order valence-electron chi connectivity index (χ3n) is 2.54. The van der Waals surface area contributed by atoms with Gasteiger partial charge in [-0.3, -0.25) is 0 Å². The van der Waals surface area contributed by atoms with Crippen LogP contribution in [0.2, 0.25) is 0 Å². The topological polar surface area (TPSA) is 64.3 Å². The molecule has 0 amide bonds. The number of carboxylic acid groups (broad SMARTS) is 1. The van der Waals surface area contributed by atoms with Crippen LogP contribution in [-0.4, -0.2) is 27.5 Å². The maximum atomic E-state index is 12.9. The Morgan fingerprint density at radius 2 is 2.11 bits per heavy atom. The van der Waals surface area contributed by atoms with Gasteiger partial charge in [-0.2, -0.15) is 0 Å². The Morgan fingerprint density at radius 1 is 1.42 bits per heavy atom. The molecule has 1 aromatic carbocycles. The molecule has 19 heavy (non-hydrogen) atoms. The van der Waals surface area contributed by atoms with Crippen LogP contribution in [-0.2, 0) is 11.2 Å². The van der Waals surface area contributed by atoms with Gasteiger partial charge in [0.05, 0.1) is 5.69 Å². The lowest BCUT2D eigenvalue weighted by Gasteiger charge is -2.04. The number of nitrogens with zero attached hydrogens (tertiary/aromatic N) is 2. The van der Waals surface area contributed by atoms with E-state index in [2.05, 4.69) is 5.10 Å². The number of aliphatic carboxylic acids is 1. The van der Waals surface area contributed by atoms with Crippen molar-refractivity contribution in [3.05, 3.63) is 41.8 Å². The largest absolute Gasteiger partial charge is 0.479 e. The minimum Gasteiger partial charge on any atom is -0.479 e. The Morgan fingerprint density at radius 3 is 2.68 bits per heavy atom. The van der Waals surface area contributed by atoms with E-state index in [0.29, 0.717) is 12.1 Å². The van der Waals surface area contributed by atoms with Crippen molar-refractivity contribution in [1.82, 2.24) is 9.78 Å². The molecule has 0 spiro atoms. The van der Waals surface area contributed by atoms with E-state index < -0.39 is 12.6 Å². The highest BCUT2D eigenvalue weighted by Gasteiger charge is 2.10. The first kappa shape index (κ1) is 13.1. The molecular formula is C13H13FN2O3. The van der Waals surface area contributed by atoms with E-state index in [0.717, 1.165) is 5.69 Å². The summed E-state index contributed by atoms with van der Waals surface area (Å²) >= 11 is 0. The molecule has 2 aromatic rings. The number of carboxylic acids is 1. The van der Waals surface area contributed by atoms with E-state index >= 15 is 0 Å². The molecule has 5 nitrogen and oxygen atoms in total. The lowest BCUT2D eigenvalue weighted by atomic mass is 10.3. The molecule has 6 heteroatoms. The molecule has 0 radical (unpaired) electrons. The second-order valence-electron chi connectivity index (χ2n) is 3.90. The molecular weight excluding hydrogens is 251 g/mol. The molecule has 0 atom stereocenters. The van der Waals surface area contributed by atoms with Crippen molar-refractivity contribution in [2.24, 2.45) is 0 Å². The Balaban J connectivity index is 2.28. The highest BCUT2D eigenvalue weighted by molar-refractivity contribution is 5.68. The zero-order valence-corrected chi connectivity index (χ0v) is 10.3. The Kier molecular flexibility index (Phi) is 3.79. The molecule has 0 aliphatic heterocycles. The molecule has 0 aliphatic rings. The van der Waals surface area contributed by atoms with Gasteiger partial charge in [-0.25, -0.2) is 13.9 Å². The fourth-order valence-electron chi connectivity index (χ4n) is 1.66. The van der Waals surface area contributed by atoms with Crippen LogP contribution in [0.3, 0.4) is 0 Å². The maximum absolute atomic E-state index is 12.9. The molecule has 1 N–H and O–H groups in total. The first-order valence-electron chi connectivity index (χ1n) is 5.79. The highest BCUT2D eigenvalue weighted by atomic mass is 19.1. The third kappa shape index (κ3) is 3.09. The van der Waals surface area contributed by atoms with Gasteiger partial charge in [0.2, 0.25) is 5.88 Å². The van der Waals surface area contributed by atoms with Crippen LogP contribution in [0, 0.1) is 5.82 Å². The molecule has 0 fully saturated rings. The number of ether oxygens (including phenoxy) is 1. The number of benzene rings is 1. The predicted molar refractivity (Wildman–Crippen MR) is 66.0 cm³/mol. The van der Waals surface area contributed by atoms with Gasteiger partial charge in [0.15, 0.2) is 6.61 Å². The van der Waals surface area contributed by atoms with Crippen molar-refractivity contribution in [3.63, 3.8) is 0 Å². The molecule has 0 aliphatic carbocycles. The normalized spacial score (nSPS) is 10.4. The Hall–Kier alpha value is -2.37. The molecule has 0 unspecified atom stereocenters. The van der Waals surface area contributed by atoms with Crippen LogP contribution in [0.5, 0.6) is 5.88 Å². The number of halogens is 1. The lowest BCUT2D eigenvalue weighted by molar-refractivity contribution is -0.139. The number of hydrogen-bond donors (Lipinski definition) is 1. The number of rotatable bonds is 5. The van der Waals surface area contributed by atoms with Gasteiger partial charge < -0.3 is 9.84 Å². The summed E-state index contributed by atoms with van der Waals surface area (Å²) in [6.07, 6.45) is 0.695. The van der Waals surface area contributed by atoms with Crippen LogP contribution in [0.1, 0.15) is 12.6 Å². The van der Waals surface area contributed by atoms with Crippen molar-refractivity contribution >= 4 is 5.97 Å². The number of hydrogen-bond acceptors (Lipinski definition) is 3. The highest BCUT2D eigenvalue weighted by Crippen LogP contribution is 2.18. The maximum Gasteiger partial charge on any atom is 0.341 e. The van der Waals surface area contributed by atoms with Gasteiger partial charge in [0.25, 0.3) is 0 Å². The summed E-state index contributed by atoms with van der Waals surface area (Å²) in [7, 11) is 0. The van der Waals surface area contributed by atoms with Crippen molar-refractivity contribution < 1.29 is 19.0 Å². The minimum atomic E-state index is -1.06. The first-order chi connectivity index (χ1) is 9.10. The van der Waals surface area contributed by atoms with E-state index in [-0.39, 0.29) is 11.7 Å². The zero-order chi connectivity index (χ0) is 13.8. The van der Waals surface area contributed by atoms with Gasteiger partial charge in [0, 0.05) is 11.8 Å². The molecule has 100 valence electrons. The summed E-state index contributed by atoms with van der Waals surface area (Å²) in [6.45, 7) is 1.50. The smallest absolute Gasteiger partial charge is 0.341 e. The number of carbonyl (C=O) groups is 1. The summed E-state index contributed by atoms with van der Waals surface area (Å²) in [5.41, 5.74) is 1.55. The average molecular weight is 264 g/mol. The van der Waals surface area contributed by atoms with Crippen molar-refractivity contribution in [1.29, 1.82) is 0 Å². The number of aryl methyl sites for hydroxylation is 1.